The molecule has 32 heavy (non-hydrogen) atoms. The second kappa shape index (κ2) is 11.2. The minimum atomic E-state index is 0.569. The summed E-state index contributed by atoms with van der Waals surface area (Å²) >= 11 is 0. The van der Waals surface area contributed by atoms with E-state index in [1.165, 1.54) is 0 Å². The molecule has 0 unspecified atom stereocenters. The van der Waals surface area contributed by atoms with Crippen LogP contribution in [0.1, 0.15) is 19.0 Å². The second-order valence-electron chi connectivity index (χ2n) is 7.11. The molecule has 0 radical (unpaired) electrons. The van der Waals surface area contributed by atoms with Crippen molar-refractivity contribution in [3.63, 3.8) is 0 Å². The number of methoxy groups -OCH3 is 3. The predicted molar refractivity (Wildman–Crippen MR) is 129 cm³/mol. The molecule has 0 atom stereocenters. The van der Waals surface area contributed by atoms with Crippen molar-refractivity contribution in [2.75, 3.05) is 46.8 Å². The quantitative estimate of drug-likeness (QED) is 0.249. The number of H-pyrrole nitrogens is 1. The van der Waals surface area contributed by atoms with Crippen LogP contribution in [0.5, 0.6) is 23.0 Å². The van der Waals surface area contributed by atoms with Gasteiger partial charge in [-0.05, 0) is 38.0 Å². The van der Waals surface area contributed by atoms with Gasteiger partial charge in [-0.3, -0.25) is 4.99 Å². The van der Waals surface area contributed by atoms with Crippen LogP contribution in [0.2, 0.25) is 0 Å². The first-order chi connectivity index (χ1) is 15.6. The van der Waals surface area contributed by atoms with Crippen LogP contribution in [0.4, 0.5) is 5.69 Å². The summed E-state index contributed by atoms with van der Waals surface area (Å²) in [7, 11) is 6.70. The van der Waals surface area contributed by atoms with Gasteiger partial charge in [-0.25, -0.2) is 0 Å². The third-order valence-corrected chi connectivity index (χ3v) is 5.05. The lowest BCUT2D eigenvalue weighted by Crippen LogP contribution is -2.31. The van der Waals surface area contributed by atoms with Crippen molar-refractivity contribution < 1.29 is 18.9 Å². The SMILES string of the molecule is CCOc1cc(NC(=NC)NCCCc2cc3c(OC)cc(OC)cc3[nH]2)ccc1OC. The van der Waals surface area contributed by atoms with Crippen LogP contribution < -0.4 is 29.6 Å². The van der Waals surface area contributed by atoms with E-state index in [0.29, 0.717) is 24.1 Å². The molecule has 8 heteroatoms. The van der Waals surface area contributed by atoms with E-state index in [-0.39, 0.29) is 0 Å². The van der Waals surface area contributed by atoms with Crippen LogP contribution in [-0.4, -0.2) is 52.5 Å². The van der Waals surface area contributed by atoms with E-state index in [1.54, 1.807) is 28.4 Å². The molecule has 0 aliphatic rings. The van der Waals surface area contributed by atoms with Crippen molar-refractivity contribution >= 4 is 22.5 Å². The third kappa shape index (κ3) is 5.57. The fourth-order valence-corrected chi connectivity index (χ4v) is 3.48. The molecule has 0 aliphatic heterocycles. The number of rotatable bonds is 10. The molecule has 0 amide bonds. The minimum Gasteiger partial charge on any atom is -0.497 e. The van der Waals surface area contributed by atoms with Gasteiger partial charge in [0.25, 0.3) is 0 Å². The highest BCUT2D eigenvalue weighted by Crippen LogP contribution is 2.32. The summed E-state index contributed by atoms with van der Waals surface area (Å²) in [4.78, 5) is 7.76. The van der Waals surface area contributed by atoms with E-state index in [1.807, 2.05) is 37.3 Å². The summed E-state index contributed by atoms with van der Waals surface area (Å²) in [6.45, 7) is 3.28. The number of fused-ring (bicyclic) bond motifs is 1. The van der Waals surface area contributed by atoms with E-state index in [4.69, 9.17) is 18.9 Å². The average molecular weight is 441 g/mol. The second-order valence-corrected chi connectivity index (χ2v) is 7.11. The van der Waals surface area contributed by atoms with Crippen LogP contribution in [0.3, 0.4) is 0 Å². The molecule has 0 bridgehead atoms. The molecule has 8 nitrogen and oxygen atoms in total. The smallest absolute Gasteiger partial charge is 0.195 e. The van der Waals surface area contributed by atoms with E-state index < -0.39 is 0 Å². The summed E-state index contributed by atoms with van der Waals surface area (Å²) in [5.41, 5.74) is 3.03. The molecular weight excluding hydrogens is 408 g/mol. The summed E-state index contributed by atoms with van der Waals surface area (Å²) < 4.78 is 21.8. The number of aromatic nitrogens is 1. The Balaban J connectivity index is 1.56. The number of guanidine groups is 1. The molecule has 0 aliphatic carbocycles. The van der Waals surface area contributed by atoms with Crippen molar-refractivity contribution in [2.24, 2.45) is 4.99 Å². The predicted octanol–water partition coefficient (Wildman–Crippen LogP) is 4.21. The summed E-state index contributed by atoms with van der Waals surface area (Å²) in [6, 6.07) is 11.7. The van der Waals surface area contributed by atoms with Gasteiger partial charge in [0.2, 0.25) is 0 Å². The first-order valence-corrected chi connectivity index (χ1v) is 10.6. The Bertz CT molecular complexity index is 1060. The topological polar surface area (TPSA) is 89.1 Å². The third-order valence-electron chi connectivity index (χ3n) is 5.05. The van der Waals surface area contributed by atoms with Crippen molar-refractivity contribution in [1.29, 1.82) is 0 Å². The Kier molecular flexibility index (Phi) is 8.08. The van der Waals surface area contributed by atoms with Gasteiger partial charge in [-0.1, -0.05) is 0 Å². The molecule has 172 valence electrons. The van der Waals surface area contributed by atoms with Crippen LogP contribution in [0.25, 0.3) is 10.9 Å². The van der Waals surface area contributed by atoms with E-state index in [9.17, 15) is 0 Å². The molecule has 0 saturated heterocycles. The Labute approximate surface area is 188 Å². The van der Waals surface area contributed by atoms with Crippen LogP contribution in [-0.2, 0) is 6.42 Å². The largest absolute Gasteiger partial charge is 0.497 e. The molecule has 3 rings (SSSR count). The fraction of sp³-hybridized carbons (Fsp3) is 0.375. The molecule has 3 aromatic rings. The highest BCUT2D eigenvalue weighted by molar-refractivity contribution is 5.93. The van der Waals surface area contributed by atoms with Crippen LogP contribution in [0.15, 0.2) is 41.4 Å². The van der Waals surface area contributed by atoms with E-state index >= 15 is 0 Å². The summed E-state index contributed by atoms with van der Waals surface area (Å²) in [5, 5.41) is 7.70. The van der Waals surface area contributed by atoms with E-state index in [0.717, 1.165) is 53.2 Å². The Morgan fingerprint density at radius 3 is 2.47 bits per heavy atom. The van der Waals surface area contributed by atoms with Gasteiger partial charge in [0.05, 0.1) is 33.5 Å². The van der Waals surface area contributed by atoms with Gasteiger partial charge in [-0.15, -0.1) is 0 Å². The van der Waals surface area contributed by atoms with Crippen molar-refractivity contribution in [3.8, 4) is 23.0 Å². The lowest BCUT2D eigenvalue weighted by molar-refractivity contribution is 0.311. The zero-order chi connectivity index (χ0) is 22.9. The van der Waals surface area contributed by atoms with Gasteiger partial charge in [0.1, 0.15) is 11.5 Å². The zero-order valence-corrected chi connectivity index (χ0v) is 19.4. The molecular formula is C24H32N4O4. The highest BCUT2D eigenvalue weighted by Gasteiger charge is 2.10. The number of aliphatic imine (C=N–C) groups is 1. The number of nitrogens with one attached hydrogen (secondary N) is 3. The van der Waals surface area contributed by atoms with Gasteiger partial charge in [0.15, 0.2) is 17.5 Å². The zero-order valence-electron chi connectivity index (χ0n) is 19.4. The Morgan fingerprint density at radius 1 is 0.969 bits per heavy atom. The Hall–Kier alpha value is -3.55. The molecule has 3 N–H and O–H groups in total. The number of anilines is 1. The number of ether oxygens (including phenoxy) is 4. The average Bonchev–Trinajstić information content (AvgIpc) is 3.23. The van der Waals surface area contributed by atoms with Crippen molar-refractivity contribution in [3.05, 3.63) is 42.1 Å². The maximum absolute atomic E-state index is 5.64. The summed E-state index contributed by atoms with van der Waals surface area (Å²) in [6.07, 6.45) is 1.82. The first-order valence-electron chi connectivity index (χ1n) is 10.6. The number of aromatic amines is 1. The number of nitrogens with zero attached hydrogens (tertiary/aromatic N) is 1. The van der Waals surface area contributed by atoms with Gasteiger partial charge >= 0.3 is 0 Å². The minimum absolute atomic E-state index is 0.569. The maximum Gasteiger partial charge on any atom is 0.195 e. The molecule has 0 fully saturated rings. The molecule has 2 aromatic carbocycles. The van der Waals surface area contributed by atoms with Gasteiger partial charge in [0, 0.05) is 48.6 Å². The number of benzene rings is 2. The summed E-state index contributed by atoms with van der Waals surface area (Å²) in [5.74, 6) is 3.66. The molecule has 0 saturated carbocycles. The van der Waals surface area contributed by atoms with Crippen LogP contribution >= 0.6 is 0 Å². The number of hydrogen-bond acceptors (Lipinski definition) is 5. The first kappa shape index (κ1) is 23.1. The van der Waals surface area contributed by atoms with Gasteiger partial charge < -0.3 is 34.6 Å². The standard InChI is InChI=1S/C24H32N4O4/c1-6-32-23-13-17(9-10-21(23)30-4)28-24(25-2)26-11-7-8-16-12-19-20(27-16)14-18(29-3)15-22(19)31-5/h9-10,12-15,27H,6-8,11H2,1-5H3,(H2,25,26,28). The number of aryl methyl sites for hydroxylation is 1. The van der Waals surface area contributed by atoms with Crippen molar-refractivity contribution in [1.82, 2.24) is 10.3 Å². The van der Waals surface area contributed by atoms with E-state index in [2.05, 4.69) is 26.7 Å². The monoisotopic (exact) mass is 440 g/mol. The molecule has 1 aromatic heterocycles. The number of hydrogen-bond donors (Lipinski definition) is 3. The van der Waals surface area contributed by atoms with Crippen molar-refractivity contribution in [2.45, 2.75) is 19.8 Å². The lowest BCUT2D eigenvalue weighted by atomic mass is 10.2. The maximum atomic E-state index is 5.64. The highest BCUT2D eigenvalue weighted by atomic mass is 16.5. The van der Waals surface area contributed by atoms with Crippen LogP contribution in [0, 0.1) is 0 Å². The fourth-order valence-electron chi connectivity index (χ4n) is 3.48. The van der Waals surface area contributed by atoms with Gasteiger partial charge in [-0.2, -0.15) is 0 Å². The molecule has 0 spiro atoms. The normalized spacial score (nSPS) is 11.3. The Morgan fingerprint density at radius 2 is 1.78 bits per heavy atom. The molecule has 1 heterocycles. The lowest BCUT2D eigenvalue weighted by Gasteiger charge is -2.14.